The molecule has 3 atom stereocenters. The first-order valence-electron chi connectivity index (χ1n) is 30.2. The van der Waals surface area contributed by atoms with Gasteiger partial charge in [-0.2, -0.15) is 10.4 Å². The third-order valence-electron chi connectivity index (χ3n) is 16.6. The number of unbranched alkanes of at least 4 members (excludes halogenated alkanes) is 5. The van der Waals surface area contributed by atoms with Gasteiger partial charge in [0.1, 0.15) is 53.3 Å². The van der Waals surface area contributed by atoms with Gasteiger partial charge < -0.3 is 40.1 Å². The number of amides is 5. The lowest BCUT2D eigenvalue weighted by Crippen LogP contribution is -2.56. The number of hydrogen-bond acceptors (Lipinski definition) is 12. The van der Waals surface area contributed by atoms with Gasteiger partial charge in [-0.15, -0.1) is 0 Å². The van der Waals surface area contributed by atoms with Crippen LogP contribution in [0.25, 0.3) is 11.1 Å². The fourth-order valence-corrected chi connectivity index (χ4v) is 12.4. The standard InChI is InChI=1S/C66H75Cl2FN12O6/c1-42(2)87-57-37-51(86-4)27-28-52(57)65-74-62(44-17-21-47(67)22-18-44)63(45-19-23-48(68)24-20-45)81(65)66(85)77-34-33-76(60(84)41-77)30-10-8-6-5-7-9-15-58(82)72-29-32-80-56(38-70)61-46-36-55(64(71)73-39-46)78-31-12-14-54(78)43(3)35-49(69)13-11-16-59(83)79(50-25-26-50)40-53(61)75-80/h11,13,17-24,27-28,35-37,39,42,50,54,62-63H,3,5-10,12,14-16,25-26,29-34,40-41H2,1-2,4H3,(H2,71,73)(H,72,82)/b13-11-,49-35+/t54-,62+,63-/m1/s1. The van der Waals surface area contributed by atoms with Gasteiger partial charge in [0.2, 0.25) is 17.7 Å². The third-order valence-corrected chi connectivity index (χ3v) is 17.1. The Labute approximate surface area is 518 Å². The van der Waals surface area contributed by atoms with Crippen LogP contribution in [-0.2, 0) is 27.5 Å². The van der Waals surface area contributed by atoms with Crippen LogP contribution in [0.3, 0.4) is 0 Å². The number of allylic oxidation sites excluding steroid dienone is 2. The van der Waals surface area contributed by atoms with Crippen molar-refractivity contribution < 1.29 is 33.0 Å². The molecule has 2 saturated heterocycles. The van der Waals surface area contributed by atoms with Crippen molar-refractivity contribution in [2.75, 3.05) is 57.0 Å². The monoisotopic (exact) mass is 1220 g/mol. The van der Waals surface area contributed by atoms with Gasteiger partial charge in [0.05, 0.1) is 55.3 Å². The molecule has 18 nitrogen and oxygen atoms in total. The number of anilines is 2. The number of aliphatic imine (C=N–C) groups is 1. The number of pyridine rings is 1. The number of benzene rings is 3. The fourth-order valence-electron chi connectivity index (χ4n) is 12.1. The average Bonchev–Trinajstić information content (AvgIpc) is 1.77. The van der Waals surface area contributed by atoms with E-state index < -0.39 is 17.9 Å². The summed E-state index contributed by atoms with van der Waals surface area (Å²) in [5, 5.41) is 19.8. The summed E-state index contributed by atoms with van der Waals surface area (Å²) in [4.78, 5) is 74.8. The molecule has 1 aliphatic carbocycles. The molecule has 1 saturated carbocycles. The first-order valence-corrected chi connectivity index (χ1v) is 30.9. The van der Waals surface area contributed by atoms with Gasteiger partial charge in [-0.1, -0.05) is 85.8 Å². The highest BCUT2D eigenvalue weighted by Gasteiger charge is 2.46. The van der Waals surface area contributed by atoms with Crippen LogP contribution in [-0.4, -0.2) is 129 Å². The number of piperazine rings is 1. The number of urea groups is 1. The van der Waals surface area contributed by atoms with Gasteiger partial charge in [0.25, 0.3) is 0 Å². The van der Waals surface area contributed by atoms with Crippen molar-refractivity contribution in [2.24, 2.45) is 4.99 Å². The average molecular weight is 1220 g/mol. The number of nitriles is 1. The van der Waals surface area contributed by atoms with Gasteiger partial charge in [-0.05, 0) is 124 Å². The SMILES string of the molecule is C=C1/C=C(F)\C=C/CC(=O)N(C2CC2)Cc2nn(CCNC(=O)CCCCCCCCN3CCN(C(=O)N4C(c5ccc(OC)cc5OC(C)C)=N[C@@H](c5ccc(Cl)cc5)[C@H]4c4ccc(Cl)cc4)CC3=O)c(C#N)c2-c2cnc(N)c(c2)N2CCC[C@H]12. The van der Waals surface area contributed by atoms with E-state index in [1.54, 1.807) is 50.9 Å². The molecule has 0 unspecified atom stereocenters. The Balaban J connectivity index is 0.719. The predicted molar refractivity (Wildman–Crippen MR) is 335 cm³/mol. The van der Waals surface area contributed by atoms with Crippen molar-refractivity contribution in [3.05, 3.63) is 153 Å². The van der Waals surface area contributed by atoms with Crippen LogP contribution in [0, 0.1) is 11.3 Å². The molecule has 3 fully saturated rings. The molecule has 0 spiro atoms. The number of rotatable bonds is 19. The molecule has 456 valence electrons. The number of amidine groups is 1. The molecule has 6 heterocycles. The van der Waals surface area contributed by atoms with E-state index in [1.165, 1.54) is 18.2 Å². The van der Waals surface area contributed by atoms with E-state index in [-0.39, 0.29) is 80.2 Å². The summed E-state index contributed by atoms with van der Waals surface area (Å²) >= 11 is 12.8. The molecule has 3 aromatic carbocycles. The van der Waals surface area contributed by atoms with Crippen LogP contribution in [0.2, 0.25) is 10.0 Å². The quantitative estimate of drug-likeness (QED) is 0.0743. The van der Waals surface area contributed by atoms with Gasteiger partial charge >= 0.3 is 6.03 Å². The fraction of sp³-hybridized carbons (Fsp3) is 0.424. The van der Waals surface area contributed by atoms with E-state index in [1.807, 2.05) is 73.3 Å². The van der Waals surface area contributed by atoms with Gasteiger partial charge in [0.15, 0.2) is 0 Å². The van der Waals surface area contributed by atoms with E-state index >= 15 is 9.18 Å². The number of ether oxygens (including phenoxy) is 2. The minimum atomic E-state index is -0.610. The van der Waals surface area contributed by atoms with Crippen molar-refractivity contribution in [1.29, 1.82) is 5.26 Å². The summed E-state index contributed by atoms with van der Waals surface area (Å²) in [6.07, 6.45) is 14.4. The molecule has 21 heteroatoms. The highest BCUT2D eigenvalue weighted by Crippen LogP contribution is 2.46. The van der Waals surface area contributed by atoms with Gasteiger partial charge in [-0.3, -0.25) is 29.0 Å². The second-order valence-corrected chi connectivity index (χ2v) is 24.0. The van der Waals surface area contributed by atoms with Crippen LogP contribution >= 0.6 is 23.2 Å². The summed E-state index contributed by atoms with van der Waals surface area (Å²) in [6.45, 7) is 10.5. The molecule has 5 aromatic rings. The zero-order valence-corrected chi connectivity index (χ0v) is 51.1. The number of carbonyl (C=O) groups excluding carboxylic acids is 4. The molecular formula is C66H75Cl2FN12O6. The minimum absolute atomic E-state index is 0.00254. The summed E-state index contributed by atoms with van der Waals surface area (Å²) in [5.74, 6) is 0.895. The number of aromatic nitrogens is 3. The van der Waals surface area contributed by atoms with Crippen LogP contribution in [0.5, 0.6) is 11.5 Å². The molecule has 0 radical (unpaired) electrons. The zero-order valence-electron chi connectivity index (χ0n) is 49.6. The second kappa shape index (κ2) is 28.1. The maximum Gasteiger partial charge on any atom is 0.326 e. The van der Waals surface area contributed by atoms with Crippen LogP contribution in [0.4, 0.5) is 20.7 Å². The lowest BCUT2D eigenvalue weighted by molar-refractivity contribution is -0.135. The number of halogens is 3. The Morgan fingerprint density at radius 3 is 2.31 bits per heavy atom. The largest absolute Gasteiger partial charge is 0.497 e. The highest BCUT2D eigenvalue weighted by molar-refractivity contribution is 6.30. The molecule has 2 bridgehead atoms. The summed E-state index contributed by atoms with van der Waals surface area (Å²) in [6, 6.07) is 22.8. The smallest absolute Gasteiger partial charge is 0.326 e. The first kappa shape index (κ1) is 61.9. The maximum absolute atomic E-state index is 15.2. The predicted octanol–water partition coefficient (Wildman–Crippen LogP) is 11.7. The minimum Gasteiger partial charge on any atom is -0.497 e. The van der Waals surface area contributed by atoms with Crippen LogP contribution < -0.4 is 25.4 Å². The normalized spacial score (nSPS) is 20.0. The van der Waals surface area contributed by atoms with Crippen molar-refractivity contribution in [2.45, 2.75) is 134 Å². The summed E-state index contributed by atoms with van der Waals surface area (Å²) < 4.78 is 28.7. The molecule has 2 aromatic heterocycles. The molecular weight excluding hydrogens is 1150 g/mol. The molecule has 4 aliphatic heterocycles. The van der Waals surface area contributed by atoms with Crippen LogP contribution in [0.1, 0.15) is 131 Å². The second-order valence-electron chi connectivity index (χ2n) is 23.1. The van der Waals surface area contributed by atoms with E-state index in [2.05, 4.69) is 27.8 Å². The first-order chi connectivity index (χ1) is 42.1. The van der Waals surface area contributed by atoms with Crippen molar-refractivity contribution in [3.63, 3.8) is 0 Å². The topological polar surface area (TPSA) is 208 Å². The van der Waals surface area contributed by atoms with E-state index in [0.717, 1.165) is 68.9 Å². The number of hydrogen-bond donors (Lipinski definition) is 2. The number of methoxy groups -OCH3 is 1. The Hall–Kier alpha value is -8.21. The molecule has 3 N–H and O–H groups in total. The van der Waals surface area contributed by atoms with Crippen molar-refractivity contribution in [3.8, 4) is 28.7 Å². The molecule has 87 heavy (non-hydrogen) atoms. The summed E-state index contributed by atoms with van der Waals surface area (Å²) in [7, 11) is 1.59. The van der Waals surface area contributed by atoms with Crippen LogP contribution in [0.15, 0.2) is 120 Å². The van der Waals surface area contributed by atoms with Crippen molar-refractivity contribution in [1.82, 2.24) is 39.7 Å². The lowest BCUT2D eigenvalue weighted by atomic mass is 9.93. The molecule has 5 aliphatic rings. The van der Waals surface area contributed by atoms with Gasteiger partial charge in [0, 0.05) is 85.0 Å². The van der Waals surface area contributed by atoms with Crippen molar-refractivity contribution >= 4 is 64.3 Å². The molecule has 10 rings (SSSR count). The third kappa shape index (κ3) is 14.6. The number of fused-ring (bicyclic) bond motifs is 6. The zero-order chi connectivity index (χ0) is 61.3. The Bertz CT molecular complexity index is 3500. The maximum atomic E-state index is 15.2. The Kier molecular flexibility index (Phi) is 20.0. The van der Waals surface area contributed by atoms with Gasteiger partial charge in [-0.25, -0.2) is 14.2 Å². The number of nitrogen functional groups attached to an aromatic ring is 1. The van der Waals surface area contributed by atoms with E-state index in [4.69, 9.17) is 48.5 Å². The van der Waals surface area contributed by atoms with E-state index in [0.29, 0.717) is 106 Å². The highest BCUT2D eigenvalue weighted by atomic mass is 35.5. The number of nitrogens with two attached hydrogens (primary N) is 1. The Morgan fingerprint density at radius 2 is 1.61 bits per heavy atom. The Morgan fingerprint density at radius 1 is 0.885 bits per heavy atom. The number of carbonyl (C=O) groups is 4. The number of nitrogens with one attached hydrogen (secondary N) is 1. The summed E-state index contributed by atoms with van der Waals surface area (Å²) in [5.41, 5.74) is 12.0. The van der Waals surface area contributed by atoms with E-state index in [9.17, 15) is 19.6 Å². The molecule has 5 amide bonds. The lowest BCUT2D eigenvalue weighted by Gasteiger charge is -2.38. The number of nitrogens with zero attached hydrogens (tertiary/aromatic N) is 10.